The van der Waals surface area contributed by atoms with Gasteiger partial charge >= 0.3 is 0 Å². The molecular formula is C19H27N5O2S. The third-order valence-electron chi connectivity index (χ3n) is 3.96. The minimum Gasteiger partial charge on any atom is -0.337 e. The second kappa shape index (κ2) is 9.03. The van der Waals surface area contributed by atoms with Crippen molar-refractivity contribution in [3.05, 3.63) is 30.6 Å². The summed E-state index contributed by atoms with van der Waals surface area (Å²) in [7, 11) is 0. The standard InChI is InChI=1S/C19H27N5O2S/c1-12(2)24(13(3)4)18(26)14(5)27-19-22-20-11-23(19)17-9-7-8-16(10-17)21-15(6)25/h7-14H,1-6H3,(H,21,25). The summed E-state index contributed by atoms with van der Waals surface area (Å²) < 4.78 is 1.81. The van der Waals surface area contributed by atoms with E-state index in [-0.39, 0.29) is 29.1 Å². The first-order valence-corrected chi connectivity index (χ1v) is 9.85. The van der Waals surface area contributed by atoms with Crippen LogP contribution in [0.25, 0.3) is 5.69 Å². The minimum absolute atomic E-state index is 0.0755. The van der Waals surface area contributed by atoms with E-state index in [0.29, 0.717) is 10.8 Å². The molecule has 0 bridgehead atoms. The zero-order valence-corrected chi connectivity index (χ0v) is 17.4. The Balaban J connectivity index is 2.22. The maximum absolute atomic E-state index is 12.9. The Morgan fingerprint density at radius 3 is 2.41 bits per heavy atom. The zero-order chi connectivity index (χ0) is 20.1. The highest BCUT2D eigenvalue weighted by molar-refractivity contribution is 8.00. The number of benzene rings is 1. The molecule has 0 saturated carbocycles. The fraction of sp³-hybridized carbons (Fsp3) is 0.474. The highest BCUT2D eigenvalue weighted by atomic mass is 32.2. The van der Waals surface area contributed by atoms with Gasteiger partial charge < -0.3 is 10.2 Å². The number of hydrogen-bond donors (Lipinski definition) is 1. The van der Waals surface area contributed by atoms with Gasteiger partial charge in [0.2, 0.25) is 11.8 Å². The number of carbonyl (C=O) groups is 2. The van der Waals surface area contributed by atoms with Crippen molar-refractivity contribution in [2.24, 2.45) is 0 Å². The normalized spacial score (nSPS) is 12.3. The molecule has 8 heteroatoms. The lowest BCUT2D eigenvalue weighted by Gasteiger charge is -2.32. The van der Waals surface area contributed by atoms with E-state index in [2.05, 4.69) is 15.5 Å². The smallest absolute Gasteiger partial charge is 0.236 e. The molecular weight excluding hydrogens is 362 g/mol. The van der Waals surface area contributed by atoms with Crippen LogP contribution in [0.5, 0.6) is 0 Å². The van der Waals surface area contributed by atoms with Crippen molar-refractivity contribution in [3.8, 4) is 5.69 Å². The predicted octanol–water partition coefficient (Wildman–Crippen LogP) is 3.35. The largest absolute Gasteiger partial charge is 0.337 e. The van der Waals surface area contributed by atoms with E-state index >= 15 is 0 Å². The molecule has 2 aromatic rings. The summed E-state index contributed by atoms with van der Waals surface area (Å²) in [6.07, 6.45) is 1.61. The van der Waals surface area contributed by atoms with E-state index in [1.54, 1.807) is 6.33 Å². The van der Waals surface area contributed by atoms with Crippen LogP contribution in [-0.4, -0.2) is 48.8 Å². The number of rotatable bonds is 7. The molecule has 0 aliphatic rings. The van der Waals surface area contributed by atoms with E-state index < -0.39 is 0 Å². The molecule has 0 aliphatic carbocycles. The Morgan fingerprint density at radius 1 is 1.15 bits per heavy atom. The van der Waals surface area contributed by atoms with Crippen LogP contribution < -0.4 is 5.32 Å². The summed E-state index contributed by atoms with van der Waals surface area (Å²) in [5.74, 6) is -0.0567. The highest BCUT2D eigenvalue weighted by Gasteiger charge is 2.27. The number of amides is 2. The minimum atomic E-state index is -0.295. The number of nitrogens with zero attached hydrogens (tertiary/aromatic N) is 4. The molecule has 1 atom stereocenters. The van der Waals surface area contributed by atoms with Gasteiger partial charge in [-0.1, -0.05) is 17.8 Å². The van der Waals surface area contributed by atoms with E-state index in [1.807, 2.05) is 68.4 Å². The van der Waals surface area contributed by atoms with Crippen molar-refractivity contribution in [3.63, 3.8) is 0 Å². The highest BCUT2D eigenvalue weighted by Crippen LogP contribution is 2.27. The first-order chi connectivity index (χ1) is 12.7. The first kappa shape index (κ1) is 21.0. The Kier molecular flexibility index (Phi) is 7.01. The van der Waals surface area contributed by atoms with Gasteiger partial charge in [0.15, 0.2) is 5.16 Å². The van der Waals surface area contributed by atoms with Crippen LogP contribution in [0.3, 0.4) is 0 Å². The Morgan fingerprint density at radius 2 is 1.81 bits per heavy atom. The molecule has 1 N–H and O–H groups in total. The molecule has 1 aromatic carbocycles. The van der Waals surface area contributed by atoms with Crippen molar-refractivity contribution in [2.45, 2.75) is 64.0 Å². The molecule has 27 heavy (non-hydrogen) atoms. The van der Waals surface area contributed by atoms with E-state index in [9.17, 15) is 9.59 Å². The topological polar surface area (TPSA) is 80.1 Å². The van der Waals surface area contributed by atoms with Crippen molar-refractivity contribution >= 4 is 29.3 Å². The van der Waals surface area contributed by atoms with Gasteiger partial charge in [0.05, 0.1) is 10.9 Å². The third kappa shape index (κ3) is 5.32. The number of anilines is 1. The van der Waals surface area contributed by atoms with Crippen LogP contribution in [0.15, 0.2) is 35.7 Å². The van der Waals surface area contributed by atoms with Crippen molar-refractivity contribution in [2.75, 3.05) is 5.32 Å². The molecule has 2 rings (SSSR count). The van der Waals surface area contributed by atoms with E-state index in [0.717, 1.165) is 5.69 Å². The second-order valence-corrected chi connectivity index (χ2v) is 8.22. The molecule has 7 nitrogen and oxygen atoms in total. The van der Waals surface area contributed by atoms with Gasteiger partial charge in [-0.3, -0.25) is 14.2 Å². The van der Waals surface area contributed by atoms with Crippen LogP contribution in [0.4, 0.5) is 5.69 Å². The second-order valence-electron chi connectivity index (χ2n) is 6.91. The van der Waals surface area contributed by atoms with Crippen molar-refractivity contribution in [1.29, 1.82) is 0 Å². The average molecular weight is 390 g/mol. The van der Waals surface area contributed by atoms with Gasteiger partial charge in [0.1, 0.15) is 6.33 Å². The monoisotopic (exact) mass is 389 g/mol. The summed E-state index contributed by atoms with van der Waals surface area (Å²) in [6, 6.07) is 7.68. The molecule has 1 aromatic heterocycles. The predicted molar refractivity (Wildman–Crippen MR) is 108 cm³/mol. The Hall–Kier alpha value is -2.35. The maximum atomic E-state index is 12.9. The lowest BCUT2D eigenvalue weighted by atomic mass is 10.2. The lowest BCUT2D eigenvalue weighted by Crippen LogP contribution is -2.45. The van der Waals surface area contributed by atoms with Crippen molar-refractivity contribution in [1.82, 2.24) is 19.7 Å². The molecule has 1 heterocycles. The van der Waals surface area contributed by atoms with E-state index in [4.69, 9.17) is 0 Å². The SMILES string of the molecule is CC(=O)Nc1cccc(-n2cnnc2SC(C)C(=O)N(C(C)C)C(C)C)c1. The molecule has 0 spiro atoms. The van der Waals surface area contributed by atoms with Crippen LogP contribution in [0.2, 0.25) is 0 Å². The first-order valence-electron chi connectivity index (χ1n) is 8.97. The maximum Gasteiger partial charge on any atom is 0.236 e. The summed E-state index contributed by atoms with van der Waals surface area (Å²) in [5.41, 5.74) is 1.51. The number of thioether (sulfide) groups is 1. The van der Waals surface area contributed by atoms with Gasteiger partial charge in [0, 0.05) is 24.7 Å². The molecule has 1 unspecified atom stereocenters. The summed E-state index contributed by atoms with van der Waals surface area (Å²) >= 11 is 1.37. The summed E-state index contributed by atoms with van der Waals surface area (Å²) in [6.45, 7) is 11.4. The average Bonchev–Trinajstić information content (AvgIpc) is 3.01. The molecule has 0 radical (unpaired) electrons. The zero-order valence-electron chi connectivity index (χ0n) is 16.6. The number of aromatic nitrogens is 3. The van der Waals surface area contributed by atoms with Crippen LogP contribution in [-0.2, 0) is 9.59 Å². The van der Waals surface area contributed by atoms with Crippen LogP contribution in [0, 0.1) is 0 Å². The summed E-state index contributed by atoms with van der Waals surface area (Å²) in [5, 5.41) is 11.3. The van der Waals surface area contributed by atoms with E-state index in [1.165, 1.54) is 18.7 Å². The third-order valence-corrected chi connectivity index (χ3v) is 5.00. The molecule has 0 saturated heterocycles. The van der Waals surface area contributed by atoms with Crippen molar-refractivity contribution < 1.29 is 9.59 Å². The number of nitrogens with one attached hydrogen (secondary N) is 1. The summed E-state index contributed by atoms with van der Waals surface area (Å²) in [4.78, 5) is 26.0. The van der Waals surface area contributed by atoms with Gasteiger partial charge in [0.25, 0.3) is 0 Å². The molecule has 146 valence electrons. The van der Waals surface area contributed by atoms with Gasteiger partial charge in [-0.15, -0.1) is 10.2 Å². The van der Waals surface area contributed by atoms with Gasteiger partial charge in [-0.05, 0) is 52.8 Å². The molecule has 0 fully saturated rings. The van der Waals surface area contributed by atoms with Crippen LogP contribution >= 0.6 is 11.8 Å². The fourth-order valence-corrected chi connectivity index (χ4v) is 3.84. The number of hydrogen-bond acceptors (Lipinski definition) is 5. The quantitative estimate of drug-likeness (QED) is 0.735. The lowest BCUT2D eigenvalue weighted by molar-refractivity contribution is -0.133. The molecule has 0 aliphatic heterocycles. The fourth-order valence-electron chi connectivity index (χ4n) is 2.94. The number of carbonyl (C=O) groups excluding carboxylic acids is 2. The Labute approximate surface area is 164 Å². The molecule has 2 amide bonds. The van der Waals surface area contributed by atoms with Gasteiger partial charge in [-0.25, -0.2) is 0 Å². The Bertz CT molecular complexity index is 795. The van der Waals surface area contributed by atoms with Gasteiger partial charge in [-0.2, -0.15) is 0 Å². The van der Waals surface area contributed by atoms with Crippen LogP contribution in [0.1, 0.15) is 41.5 Å².